The molecule has 0 saturated heterocycles. The van der Waals surface area contributed by atoms with E-state index in [0.717, 1.165) is 38.3 Å². The standard InChI is InChI=1S/C26H29F2N5O2S3/c1-25-7-3-4-15(10-25)23(28)19(11-25)33(2)21-13-30-24(32-31-21)16-6-5-14(8-20(16)34)17-9-22(29-12-18(17)27)35-26(36,37)38/h5-6,8-9,12-13,15,19,23,34,36-38H,3-4,7,10-11H2,1-2H3/t15-,19-,23+,25+/m1/s1. The summed E-state index contributed by atoms with van der Waals surface area (Å²) >= 11 is 12.1. The molecule has 2 aromatic heterocycles. The Balaban J connectivity index is 1.36. The van der Waals surface area contributed by atoms with Crippen molar-refractivity contribution in [3.8, 4) is 34.1 Å². The molecule has 2 saturated carbocycles. The first kappa shape index (κ1) is 27.3. The highest BCUT2D eigenvalue weighted by atomic mass is 32.2. The predicted molar refractivity (Wildman–Crippen MR) is 152 cm³/mol. The number of pyridine rings is 1. The Morgan fingerprint density at radius 2 is 1.89 bits per heavy atom. The molecule has 2 bridgehead atoms. The molecule has 2 heterocycles. The number of hydrogen-bond donors (Lipinski definition) is 4. The fourth-order valence-corrected chi connectivity index (χ4v) is 6.10. The van der Waals surface area contributed by atoms with Gasteiger partial charge in [-0.3, -0.25) is 0 Å². The van der Waals surface area contributed by atoms with Crippen molar-refractivity contribution >= 4 is 43.7 Å². The lowest BCUT2D eigenvalue weighted by molar-refractivity contribution is 0.0113. The second-order valence-electron chi connectivity index (χ2n) is 10.5. The number of anilines is 1. The fraction of sp³-hybridized carbons (Fsp3) is 0.462. The Labute approximate surface area is 236 Å². The number of aromatic hydroxyl groups is 1. The molecule has 202 valence electrons. The van der Waals surface area contributed by atoms with Gasteiger partial charge in [0.05, 0.1) is 24.0 Å². The Morgan fingerprint density at radius 1 is 1.11 bits per heavy atom. The smallest absolute Gasteiger partial charge is 0.242 e. The molecule has 0 radical (unpaired) electrons. The van der Waals surface area contributed by atoms with Gasteiger partial charge in [-0.15, -0.1) is 48.1 Å². The number of thiol groups is 3. The highest BCUT2D eigenvalue weighted by molar-refractivity contribution is 8.16. The third kappa shape index (κ3) is 5.67. The molecule has 38 heavy (non-hydrogen) atoms. The lowest BCUT2D eigenvalue weighted by Gasteiger charge is -2.50. The van der Waals surface area contributed by atoms with E-state index in [1.165, 1.54) is 12.1 Å². The zero-order chi connectivity index (χ0) is 27.2. The Morgan fingerprint density at radius 3 is 2.58 bits per heavy atom. The maximum absolute atomic E-state index is 15.3. The number of benzene rings is 1. The highest BCUT2D eigenvalue weighted by Crippen LogP contribution is 2.51. The van der Waals surface area contributed by atoms with Gasteiger partial charge in [-0.1, -0.05) is 19.4 Å². The Hall–Kier alpha value is -2.31. The molecule has 1 N–H and O–H groups in total. The first-order chi connectivity index (χ1) is 17.9. The number of fused-ring (bicyclic) bond motifs is 2. The molecule has 0 aliphatic heterocycles. The summed E-state index contributed by atoms with van der Waals surface area (Å²) < 4.78 is 33.8. The topological polar surface area (TPSA) is 84.3 Å². The first-order valence-corrected chi connectivity index (χ1v) is 13.7. The number of rotatable bonds is 6. The molecule has 0 unspecified atom stereocenters. The first-order valence-electron chi connectivity index (χ1n) is 12.3. The minimum atomic E-state index is -1.41. The third-order valence-corrected chi connectivity index (χ3v) is 7.93. The van der Waals surface area contributed by atoms with E-state index in [1.807, 2.05) is 11.9 Å². The van der Waals surface area contributed by atoms with Gasteiger partial charge in [-0.25, -0.2) is 18.7 Å². The second kappa shape index (κ2) is 10.3. The van der Waals surface area contributed by atoms with Gasteiger partial charge in [0.1, 0.15) is 17.7 Å². The maximum Gasteiger partial charge on any atom is 0.242 e. The van der Waals surface area contributed by atoms with E-state index in [1.54, 1.807) is 18.3 Å². The number of alkyl halides is 1. The summed E-state index contributed by atoms with van der Waals surface area (Å²) in [6, 6.07) is 5.67. The monoisotopic (exact) mass is 577 g/mol. The minimum Gasteiger partial charge on any atom is -0.507 e. The van der Waals surface area contributed by atoms with Crippen LogP contribution in [0.5, 0.6) is 11.6 Å². The number of phenolic OH excluding ortho intramolecular Hbond substituents is 1. The largest absolute Gasteiger partial charge is 0.507 e. The third-order valence-electron chi connectivity index (χ3n) is 7.66. The van der Waals surface area contributed by atoms with Crippen molar-refractivity contribution in [2.45, 2.75) is 54.8 Å². The Kier molecular flexibility index (Phi) is 7.42. The molecular formula is C26H29F2N5O2S3. The van der Waals surface area contributed by atoms with Crippen LogP contribution in [0.15, 0.2) is 36.7 Å². The van der Waals surface area contributed by atoms with E-state index in [-0.39, 0.29) is 40.4 Å². The Bertz CT molecular complexity index is 1330. The number of aromatic nitrogens is 4. The number of phenols is 1. The molecule has 0 spiro atoms. The second-order valence-corrected chi connectivity index (χ2v) is 13.5. The number of ether oxygens (including phenoxy) is 1. The zero-order valence-corrected chi connectivity index (χ0v) is 23.6. The molecule has 12 heteroatoms. The van der Waals surface area contributed by atoms with E-state index in [2.05, 4.69) is 65.0 Å². The molecular weight excluding hydrogens is 549 g/mol. The van der Waals surface area contributed by atoms with Gasteiger partial charge in [-0.05, 0) is 54.7 Å². The molecule has 1 aromatic carbocycles. The summed E-state index contributed by atoms with van der Waals surface area (Å²) in [4.78, 5) is 10.1. The highest BCUT2D eigenvalue weighted by Gasteiger charge is 2.47. The van der Waals surface area contributed by atoms with Crippen molar-refractivity contribution in [3.05, 3.63) is 42.5 Å². The SMILES string of the molecule is CN(c1cnc(-c2ccc(-c3cc(OC(S)(S)S)ncc3F)cc2O)nn1)[C@@H]1C[C@@]2(C)CCC[C@H](C2)[C@@H]1F. The summed E-state index contributed by atoms with van der Waals surface area (Å²) in [5.41, 5.74) is 1.01. The van der Waals surface area contributed by atoms with E-state index < -0.39 is 15.6 Å². The van der Waals surface area contributed by atoms with Crippen LogP contribution in [-0.4, -0.2) is 48.1 Å². The van der Waals surface area contributed by atoms with Crippen LogP contribution in [0.3, 0.4) is 0 Å². The van der Waals surface area contributed by atoms with Crippen LogP contribution < -0.4 is 9.64 Å². The van der Waals surface area contributed by atoms with Gasteiger partial charge >= 0.3 is 0 Å². The van der Waals surface area contributed by atoms with E-state index in [4.69, 9.17) is 4.74 Å². The summed E-state index contributed by atoms with van der Waals surface area (Å²) in [6.07, 6.45) is 6.46. The molecule has 5 rings (SSSR count). The van der Waals surface area contributed by atoms with Crippen molar-refractivity contribution in [1.29, 1.82) is 0 Å². The average Bonchev–Trinajstić information content (AvgIpc) is 2.86. The fourth-order valence-electron chi connectivity index (χ4n) is 5.82. The van der Waals surface area contributed by atoms with E-state index >= 15 is 4.39 Å². The van der Waals surface area contributed by atoms with Gasteiger partial charge in [0.2, 0.25) is 9.48 Å². The molecule has 2 aliphatic carbocycles. The molecule has 3 aromatic rings. The molecule has 2 fully saturated rings. The van der Waals surface area contributed by atoms with Crippen LogP contribution in [0.1, 0.15) is 39.0 Å². The lowest BCUT2D eigenvalue weighted by Crippen LogP contribution is -2.52. The maximum atomic E-state index is 15.3. The van der Waals surface area contributed by atoms with Crippen molar-refractivity contribution < 1.29 is 18.6 Å². The average molecular weight is 578 g/mol. The van der Waals surface area contributed by atoms with E-state index in [9.17, 15) is 9.50 Å². The van der Waals surface area contributed by atoms with Crippen LogP contribution >= 0.6 is 37.9 Å². The van der Waals surface area contributed by atoms with Gasteiger partial charge in [0.15, 0.2) is 11.6 Å². The quantitative estimate of drug-likeness (QED) is 0.212. The molecule has 0 amide bonds. The summed E-state index contributed by atoms with van der Waals surface area (Å²) in [5, 5.41) is 19.2. The van der Waals surface area contributed by atoms with Crippen LogP contribution in [0.4, 0.5) is 14.6 Å². The van der Waals surface area contributed by atoms with Crippen LogP contribution in [0.2, 0.25) is 0 Å². The molecule has 7 nitrogen and oxygen atoms in total. The van der Waals surface area contributed by atoms with Crippen molar-refractivity contribution in [2.24, 2.45) is 11.3 Å². The van der Waals surface area contributed by atoms with Crippen molar-refractivity contribution in [2.75, 3.05) is 11.9 Å². The van der Waals surface area contributed by atoms with Crippen molar-refractivity contribution in [1.82, 2.24) is 20.2 Å². The zero-order valence-electron chi connectivity index (χ0n) is 20.9. The minimum absolute atomic E-state index is 0.0586. The predicted octanol–water partition coefficient (Wildman–Crippen LogP) is 5.97. The molecule has 4 atom stereocenters. The van der Waals surface area contributed by atoms with Gasteiger partial charge in [0, 0.05) is 18.7 Å². The van der Waals surface area contributed by atoms with Gasteiger partial charge in [-0.2, -0.15) is 0 Å². The summed E-state index contributed by atoms with van der Waals surface area (Å²) in [6.45, 7) is 2.26. The summed E-state index contributed by atoms with van der Waals surface area (Å²) in [7, 11) is 1.83. The van der Waals surface area contributed by atoms with Gasteiger partial charge in [0.25, 0.3) is 0 Å². The van der Waals surface area contributed by atoms with Crippen molar-refractivity contribution in [3.63, 3.8) is 0 Å². The number of hydrogen-bond acceptors (Lipinski definition) is 10. The number of nitrogens with zero attached hydrogens (tertiary/aromatic N) is 5. The van der Waals surface area contributed by atoms with Crippen LogP contribution in [0.25, 0.3) is 22.5 Å². The lowest BCUT2D eigenvalue weighted by atomic mass is 9.60. The van der Waals surface area contributed by atoms with Crippen LogP contribution in [-0.2, 0) is 0 Å². The normalized spacial score (nSPS) is 25.2. The van der Waals surface area contributed by atoms with Crippen LogP contribution in [0, 0.1) is 17.2 Å². The van der Waals surface area contributed by atoms with Gasteiger partial charge < -0.3 is 14.7 Å². The number of halogens is 2. The summed E-state index contributed by atoms with van der Waals surface area (Å²) in [5.74, 6) is 0.0384. The molecule has 2 aliphatic rings. The van der Waals surface area contributed by atoms with E-state index in [0.29, 0.717) is 16.9 Å².